The van der Waals surface area contributed by atoms with Crippen molar-refractivity contribution in [3.8, 4) is 11.4 Å². The van der Waals surface area contributed by atoms with E-state index in [2.05, 4.69) is 25.1 Å². The molecule has 1 aromatic carbocycles. The Labute approximate surface area is 162 Å². The lowest BCUT2D eigenvalue weighted by atomic mass is 10.1. The minimum atomic E-state index is -0.257. The van der Waals surface area contributed by atoms with E-state index in [0.29, 0.717) is 16.4 Å². The van der Waals surface area contributed by atoms with Crippen LogP contribution < -0.4 is 5.32 Å². The van der Waals surface area contributed by atoms with Gasteiger partial charge < -0.3 is 9.88 Å². The number of aryl methyl sites for hydroxylation is 2. The molecule has 0 aliphatic carbocycles. The highest BCUT2D eigenvalue weighted by Gasteiger charge is 2.19. The number of hydrogen-bond donors (Lipinski definition) is 1. The number of aromatic nitrogens is 4. The Bertz CT molecular complexity index is 998. The fourth-order valence-electron chi connectivity index (χ4n) is 3.32. The Kier molecular flexibility index (Phi) is 4.90. The van der Waals surface area contributed by atoms with E-state index in [0.717, 1.165) is 48.7 Å². The van der Waals surface area contributed by atoms with Crippen LogP contribution in [-0.2, 0) is 13.0 Å². The summed E-state index contributed by atoms with van der Waals surface area (Å²) in [6.07, 6.45) is 4.35. The molecular weight excluding hydrogens is 362 g/mol. The number of benzene rings is 1. The minimum absolute atomic E-state index is 0.257. The molecule has 2 aromatic heterocycles. The molecule has 0 spiro atoms. The number of carbonyl (C=O) groups is 1. The van der Waals surface area contributed by atoms with Crippen LogP contribution in [0.25, 0.3) is 11.4 Å². The van der Waals surface area contributed by atoms with Crippen LogP contribution >= 0.6 is 11.6 Å². The number of fused-ring (bicyclic) bond motifs is 1. The highest BCUT2D eigenvalue weighted by molar-refractivity contribution is 6.33. The van der Waals surface area contributed by atoms with Gasteiger partial charge in [-0.2, -0.15) is 0 Å². The molecule has 0 saturated carbocycles. The Hall–Kier alpha value is -2.73. The third kappa shape index (κ3) is 3.71. The van der Waals surface area contributed by atoms with Gasteiger partial charge in [0.25, 0.3) is 5.91 Å². The lowest BCUT2D eigenvalue weighted by Crippen LogP contribution is -2.14. The molecule has 27 heavy (non-hydrogen) atoms. The topological polar surface area (TPSA) is 72.7 Å². The molecule has 1 aliphatic rings. The maximum absolute atomic E-state index is 12.5. The second kappa shape index (κ2) is 7.48. The van der Waals surface area contributed by atoms with Gasteiger partial charge in [-0.25, -0.2) is 4.98 Å². The largest absolute Gasteiger partial charge is 0.321 e. The molecule has 7 heteroatoms. The van der Waals surface area contributed by atoms with E-state index in [4.69, 9.17) is 11.6 Å². The van der Waals surface area contributed by atoms with Gasteiger partial charge in [0.2, 0.25) is 0 Å². The van der Waals surface area contributed by atoms with Gasteiger partial charge in [-0.15, -0.1) is 10.2 Å². The van der Waals surface area contributed by atoms with E-state index in [1.165, 1.54) is 6.42 Å². The fourth-order valence-corrected chi connectivity index (χ4v) is 3.53. The van der Waals surface area contributed by atoms with Crippen molar-refractivity contribution in [3.63, 3.8) is 0 Å². The number of nitrogens with one attached hydrogen (secondary N) is 1. The van der Waals surface area contributed by atoms with Crippen LogP contribution in [0.3, 0.4) is 0 Å². The average molecular weight is 382 g/mol. The minimum Gasteiger partial charge on any atom is -0.321 e. The summed E-state index contributed by atoms with van der Waals surface area (Å²) in [5, 5.41) is 12.2. The van der Waals surface area contributed by atoms with E-state index in [1.54, 1.807) is 18.2 Å². The van der Waals surface area contributed by atoms with E-state index in [-0.39, 0.29) is 5.91 Å². The van der Waals surface area contributed by atoms with Gasteiger partial charge in [-0.3, -0.25) is 4.79 Å². The van der Waals surface area contributed by atoms with Gasteiger partial charge in [-0.05, 0) is 50.1 Å². The number of amides is 1. The number of carbonyl (C=O) groups excluding carboxylic acids is 1. The molecule has 0 saturated heterocycles. The maximum atomic E-state index is 12.5. The van der Waals surface area contributed by atoms with Gasteiger partial charge in [-0.1, -0.05) is 24.1 Å². The molecule has 1 N–H and O–H groups in total. The van der Waals surface area contributed by atoms with Gasteiger partial charge >= 0.3 is 0 Å². The number of pyridine rings is 1. The van der Waals surface area contributed by atoms with Crippen LogP contribution in [0.4, 0.5) is 5.69 Å². The van der Waals surface area contributed by atoms with E-state index >= 15 is 0 Å². The number of nitrogens with zero attached hydrogens (tertiary/aromatic N) is 4. The van der Waals surface area contributed by atoms with Crippen molar-refractivity contribution in [1.82, 2.24) is 19.7 Å². The van der Waals surface area contributed by atoms with Gasteiger partial charge in [0.05, 0.1) is 5.02 Å². The highest BCUT2D eigenvalue weighted by atomic mass is 35.5. The van der Waals surface area contributed by atoms with Crippen LogP contribution in [0, 0.1) is 6.92 Å². The van der Waals surface area contributed by atoms with E-state index < -0.39 is 0 Å². The van der Waals surface area contributed by atoms with Crippen molar-refractivity contribution >= 4 is 23.2 Å². The van der Waals surface area contributed by atoms with Crippen molar-refractivity contribution in [1.29, 1.82) is 0 Å². The molecule has 1 aliphatic heterocycles. The van der Waals surface area contributed by atoms with Crippen LogP contribution in [0.2, 0.25) is 5.02 Å². The lowest BCUT2D eigenvalue weighted by Gasteiger charge is -2.11. The second-order valence-electron chi connectivity index (χ2n) is 6.72. The molecule has 0 radical (unpaired) electrons. The number of hydrogen-bond acceptors (Lipinski definition) is 4. The van der Waals surface area contributed by atoms with E-state index in [1.807, 2.05) is 25.1 Å². The van der Waals surface area contributed by atoms with Crippen LogP contribution in [0.1, 0.15) is 41.3 Å². The number of anilines is 1. The molecule has 0 atom stereocenters. The average Bonchev–Trinajstić information content (AvgIpc) is 2.91. The van der Waals surface area contributed by atoms with Crippen LogP contribution in [0.5, 0.6) is 0 Å². The maximum Gasteiger partial charge on any atom is 0.274 e. The molecular formula is C20H20ClN5O. The van der Waals surface area contributed by atoms with Gasteiger partial charge in [0.1, 0.15) is 11.5 Å². The first kappa shape index (κ1) is 17.7. The smallest absolute Gasteiger partial charge is 0.274 e. The first-order valence-corrected chi connectivity index (χ1v) is 9.46. The summed E-state index contributed by atoms with van der Waals surface area (Å²) in [5.74, 6) is 1.49. The Morgan fingerprint density at radius 1 is 1.15 bits per heavy atom. The second-order valence-corrected chi connectivity index (χ2v) is 7.12. The predicted octanol–water partition coefficient (Wildman–Crippen LogP) is 4.28. The summed E-state index contributed by atoms with van der Waals surface area (Å²) in [5.41, 5.74) is 2.59. The monoisotopic (exact) mass is 381 g/mol. The SMILES string of the molecule is Cc1cccc(C(=O)Nc2ccc(Cl)c(-c3nnc4n3CCCCC4)c2)n1. The zero-order valence-electron chi connectivity index (χ0n) is 15.1. The lowest BCUT2D eigenvalue weighted by molar-refractivity contribution is 0.102. The quantitative estimate of drug-likeness (QED) is 0.734. The van der Waals surface area contributed by atoms with Crippen LogP contribution in [-0.4, -0.2) is 25.7 Å². The molecule has 0 bridgehead atoms. The number of halogens is 1. The van der Waals surface area contributed by atoms with Crippen molar-refractivity contribution in [2.24, 2.45) is 0 Å². The highest BCUT2D eigenvalue weighted by Crippen LogP contribution is 2.31. The summed E-state index contributed by atoms with van der Waals surface area (Å²) < 4.78 is 2.14. The van der Waals surface area contributed by atoms with Crippen molar-refractivity contribution in [3.05, 3.63) is 58.6 Å². The van der Waals surface area contributed by atoms with Gasteiger partial charge in [0.15, 0.2) is 5.82 Å². The molecule has 138 valence electrons. The molecule has 3 heterocycles. The third-order valence-corrected chi connectivity index (χ3v) is 5.03. The Balaban J connectivity index is 1.64. The third-order valence-electron chi connectivity index (χ3n) is 4.70. The normalized spacial score (nSPS) is 13.7. The Morgan fingerprint density at radius 3 is 2.89 bits per heavy atom. The number of rotatable bonds is 3. The molecule has 0 fully saturated rings. The standard InChI is InChI=1S/C20H20ClN5O/c1-13-6-5-7-17(22-13)20(27)23-14-9-10-16(21)15(12-14)19-25-24-18-8-3-2-4-11-26(18)19/h5-7,9-10,12H,2-4,8,11H2,1H3,(H,23,27). The van der Waals surface area contributed by atoms with Gasteiger partial charge in [0, 0.05) is 29.9 Å². The van der Waals surface area contributed by atoms with Crippen molar-refractivity contribution in [2.45, 2.75) is 39.2 Å². The Morgan fingerprint density at radius 2 is 2.04 bits per heavy atom. The summed E-state index contributed by atoms with van der Waals surface area (Å²) >= 11 is 6.44. The fraction of sp³-hybridized carbons (Fsp3) is 0.300. The summed E-state index contributed by atoms with van der Waals surface area (Å²) in [6.45, 7) is 2.74. The van der Waals surface area contributed by atoms with Crippen molar-refractivity contribution in [2.75, 3.05) is 5.32 Å². The molecule has 0 unspecified atom stereocenters. The molecule has 1 amide bonds. The molecule has 3 aromatic rings. The first-order valence-electron chi connectivity index (χ1n) is 9.09. The van der Waals surface area contributed by atoms with E-state index in [9.17, 15) is 4.79 Å². The predicted molar refractivity (Wildman–Crippen MR) is 105 cm³/mol. The molecule has 6 nitrogen and oxygen atoms in total. The zero-order valence-corrected chi connectivity index (χ0v) is 15.8. The summed E-state index contributed by atoms with van der Waals surface area (Å²) in [6, 6.07) is 10.8. The zero-order chi connectivity index (χ0) is 18.8. The summed E-state index contributed by atoms with van der Waals surface area (Å²) in [7, 11) is 0. The van der Waals surface area contributed by atoms with Crippen LogP contribution in [0.15, 0.2) is 36.4 Å². The summed E-state index contributed by atoms with van der Waals surface area (Å²) in [4.78, 5) is 16.8. The van der Waals surface area contributed by atoms with Crippen molar-refractivity contribution < 1.29 is 4.79 Å². The first-order chi connectivity index (χ1) is 13.1. The molecule has 4 rings (SSSR count).